The van der Waals surface area contributed by atoms with Crippen molar-refractivity contribution in [3.8, 4) is 0 Å². The quantitative estimate of drug-likeness (QED) is 0.727. The molecule has 1 atom stereocenters. The van der Waals surface area contributed by atoms with Crippen molar-refractivity contribution < 1.29 is 17.9 Å². The zero-order valence-electron chi connectivity index (χ0n) is 12.2. The molecule has 0 aromatic carbocycles. The Balaban J connectivity index is 1.98. The molecular formula is C14H25NO4S. The van der Waals surface area contributed by atoms with Crippen LogP contribution in [0, 0.1) is 11.8 Å². The smallest absolute Gasteiger partial charge is 0.310 e. The maximum Gasteiger partial charge on any atom is 0.310 e. The van der Waals surface area contributed by atoms with E-state index >= 15 is 0 Å². The summed E-state index contributed by atoms with van der Waals surface area (Å²) in [6, 6.07) is 0. The Labute approximate surface area is 121 Å². The fourth-order valence-corrected chi connectivity index (χ4v) is 4.83. The summed E-state index contributed by atoms with van der Waals surface area (Å²) in [6.07, 6.45) is 4.83. The van der Waals surface area contributed by atoms with Crippen LogP contribution in [0.5, 0.6) is 0 Å². The molecule has 0 bridgehead atoms. The molecule has 0 spiro atoms. The first-order valence-corrected chi connectivity index (χ1v) is 9.34. The zero-order valence-corrected chi connectivity index (χ0v) is 13.0. The van der Waals surface area contributed by atoms with Gasteiger partial charge in [-0.2, -0.15) is 0 Å². The molecule has 0 aromatic rings. The number of esters is 1. The zero-order chi connectivity index (χ0) is 14.6. The molecular weight excluding hydrogens is 278 g/mol. The first-order chi connectivity index (χ1) is 9.52. The summed E-state index contributed by atoms with van der Waals surface area (Å²) in [5.74, 6) is 0.220. The number of piperidine rings is 1. The summed E-state index contributed by atoms with van der Waals surface area (Å²) in [5.41, 5.74) is 0. The number of nitrogens with zero attached hydrogens (tertiary/aromatic N) is 1. The minimum atomic E-state index is -2.88. The van der Waals surface area contributed by atoms with Gasteiger partial charge in [0, 0.05) is 6.54 Å². The molecule has 0 aromatic heterocycles. The first kappa shape index (κ1) is 15.8. The van der Waals surface area contributed by atoms with Gasteiger partial charge >= 0.3 is 5.97 Å². The summed E-state index contributed by atoms with van der Waals surface area (Å²) in [7, 11) is -1.46. The van der Waals surface area contributed by atoms with Crippen molar-refractivity contribution in [2.24, 2.45) is 11.8 Å². The fourth-order valence-electron chi connectivity index (χ4n) is 3.30. The molecule has 2 aliphatic rings. The molecule has 6 heteroatoms. The molecule has 1 unspecified atom stereocenters. The number of carbonyl (C=O) groups is 1. The van der Waals surface area contributed by atoms with Crippen LogP contribution >= 0.6 is 0 Å². The third kappa shape index (κ3) is 4.19. The summed E-state index contributed by atoms with van der Waals surface area (Å²) in [6.45, 7) is 2.80. The number of methoxy groups -OCH3 is 1. The van der Waals surface area contributed by atoms with Gasteiger partial charge in [-0.25, -0.2) is 8.42 Å². The van der Waals surface area contributed by atoms with E-state index in [4.69, 9.17) is 4.74 Å². The lowest BCUT2D eigenvalue weighted by Gasteiger charge is -2.34. The van der Waals surface area contributed by atoms with Gasteiger partial charge in [-0.1, -0.05) is 6.42 Å². The monoisotopic (exact) mass is 303 g/mol. The average Bonchev–Trinajstić information content (AvgIpc) is 2.45. The van der Waals surface area contributed by atoms with E-state index in [1.54, 1.807) is 0 Å². The lowest BCUT2D eigenvalue weighted by molar-refractivity contribution is -0.148. The highest BCUT2D eigenvalue weighted by molar-refractivity contribution is 7.91. The molecule has 5 nitrogen and oxygen atoms in total. The van der Waals surface area contributed by atoms with Crippen LogP contribution in [0.2, 0.25) is 0 Å². The predicted octanol–water partition coefficient (Wildman–Crippen LogP) is 1.09. The highest BCUT2D eigenvalue weighted by Crippen LogP contribution is 2.28. The Bertz CT molecular complexity index is 414. The van der Waals surface area contributed by atoms with Crippen LogP contribution in [0.25, 0.3) is 0 Å². The number of sulfone groups is 1. The number of hydrogen-bond acceptors (Lipinski definition) is 5. The standard InChI is InChI=1S/C14H25NO4S/c1-19-14(16)13(11-15-7-3-2-4-8-15)12-5-9-20(17,18)10-6-12/h12-13H,2-11H2,1H3. The lowest BCUT2D eigenvalue weighted by Crippen LogP contribution is -2.42. The van der Waals surface area contributed by atoms with E-state index in [1.807, 2.05) is 0 Å². The maximum atomic E-state index is 12.0. The number of hydrogen-bond donors (Lipinski definition) is 0. The molecule has 0 saturated carbocycles. The summed E-state index contributed by atoms with van der Waals surface area (Å²) in [5, 5.41) is 0. The van der Waals surface area contributed by atoms with E-state index in [-0.39, 0.29) is 29.3 Å². The van der Waals surface area contributed by atoms with E-state index in [0.717, 1.165) is 19.6 Å². The molecule has 20 heavy (non-hydrogen) atoms. The fraction of sp³-hybridized carbons (Fsp3) is 0.929. The molecule has 2 saturated heterocycles. The van der Waals surface area contributed by atoms with E-state index in [2.05, 4.69) is 4.90 Å². The van der Waals surface area contributed by atoms with E-state index in [9.17, 15) is 13.2 Å². The molecule has 0 amide bonds. The van der Waals surface area contributed by atoms with Crippen molar-refractivity contribution in [3.05, 3.63) is 0 Å². The Morgan fingerprint density at radius 3 is 2.35 bits per heavy atom. The Kier molecular flexibility index (Phi) is 5.43. The van der Waals surface area contributed by atoms with Crippen molar-refractivity contribution in [2.75, 3.05) is 38.2 Å². The Morgan fingerprint density at radius 1 is 1.20 bits per heavy atom. The largest absolute Gasteiger partial charge is 0.469 e. The van der Waals surface area contributed by atoms with Crippen molar-refractivity contribution in [3.63, 3.8) is 0 Å². The topological polar surface area (TPSA) is 63.7 Å². The third-order valence-electron chi connectivity index (χ3n) is 4.58. The molecule has 2 aliphatic heterocycles. The lowest BCUT2D eigenvalue weighted by atomic mass is 9.86. The maximum absolute atomic E-state index is 12.0. The van der Waals surface area contributed by atoms with Crippen LogP contribution in [-0.2, 0) is 19.4 Å². The second-order valence-corrected chi connectivity index (χ2v) is 8.28. The van der Waals surface area contributed by atoms with Crippen LogP contribution in [0.4, 0.5) is 0 Å². The Hall–Kier alpha value is -0.620. The second kappa shape index (κ2) is 6.89. The van der Waals surface area contributed by atoms with Crippen molar-refractivity contribution in [1.29, 1.82) is 0 Å². The van der Waals surface area contributed by atoms with Gasteiger partial charge in [0.2, 0.25) is 0 Å². The molecule has 2 heterocycles. The SMILES string of the molecule is COC(=O)C(CN1CCCCC1)C1CCS(=O)(=O)CC1. The van der Waals surface area contributed by atoms with Gasteiger partial charge in [-0.15, -0.1) is 0 Å². The van der Waals surface area contributed by atoms with Gasteiger partial charge in [0.25, 0.3) is 0 Å². The molecule has 0 radical (unpaired) electrons. The number of carbonyl (C=O) groups excluding carboxylic acids is 1. The average molecular weight is 303 g/mol. The van der Waals surface area contributed by atoms with Gasteiger partial charge in [-0.3, -0.25) is 4.79 Å². The van der Waals surface area contributed by atoms with Gasteiger partial charge < -0.3 is 9.64 Å². The van der Waals surface area contributed by atoms with Crippen LogP contribution in [-0.4, -0.2) is 57.5 Å². The van der Waals surface area contributed by atoms with Gasteiger partial charge in [-0.05, 0) is 44.7 Å². The van der Waals surface area contributed by atoms with Crippen LogP contribution in [0.3, 0.4) is 0 Å². The van der Waals surface area contributed by atoms with E-state index in [0.29, 0.717) is 12.8 Å². The molecule has 2 rings (SSSR count). The normalized spacial score (nSPS) is 26.1. The summed E-state index contributed by atoms with van der Waals surface area (Å²) >= 11 is 0. The van der Waals surface area contributed by atoms with Crippen LogP contribution in [0.15, 0.2) is 0 Å². The predicted molar refractivity (Wildman–Crippen MR) is 77.2 cm³/mol. The van der Waals surface area contributed by atoms with Gasteiger partial charge in [0.1, 0.15) is 9.84 Å². The summed E-state index contributed by atoms with van der Waals surface area (Å²) < 4.78 is 28.0. The number of rotatable bonds is 4. The minimum Gasteiger partial charge on any atom is -0.469 e. The molecule has 2 fully saturated rings. The molecule has 0 aliphatic carbocycles. The van der Waals surface area contributed by atoms with E-state index < -0.39 is 9.84 Å². The van der Waals surface area contributed by atoms with Gasteiger partial charge in [0.15, 0.2) is 0 Å². The highest BCUT2D eigenvalue weighted by atomic mass is 32.2. The minimum absolute atomic E-state index is 0.146. The van der Waals surface area contributed by atoms with Crippen LogP contribution < -0.4 is 0 Å². The van der Waals surface area contributed by atoms with Crippen molar-refractivity contribution in [2.45, 2.75) is 32.1 Å². The van der Waals surface area contributed by atoms with E-state index in [1.165, 1.54) is 26.4 Å². The van der Waals surface area contributed by atoms with Gasteiger partial charge in [0.05, 0.1) is 24.5 Å². The third-order valence-corrected chi connectivity index (χ3v) is 6.29. The van der Waals surface area contributed by atoms with Crippen molar-refractivity contribution >= 4 is 15.8 Å². The summed E-state index contributed by atoms with van der Waals surface area (Å²) in [4.78, 5) is 14.4. The Morgan fingerprint density at radius 2 is 1.80 bits per heavy atom. The second-order valence-electron chi connectivity index (χ2n) is 5.98. The first-order valence-electron chi connectivity index (χ1n) is 7.52. The van der Waals surface area contributed by atoms with Crippen molar-refractivity contribution in [1.82, 2.24) is 4.90 Å². The number of likely N-dealkylation sites (tertiary alicyclic amines) is 1. The number of ether oxygens (including phenoxy) is 1. The highest BCUT2D eigenvalue weighted by Gasteiger charge is 2.35. The molecule has 0 N–H and O–H groups in total. The molecule has 116 valence electrons. The van der Waals surface area contributed by atoms with Crippen LogP contribution in [0.1, 0.15) is 32.1 Å².